The van der Waals surface area contributed by atoms with E-state index in [0.717, 1.165) is 0 Å². The summed E-state index contributed by atoms with van der Waals surface area (Å²) in [6, 6.07) is 0. The molecule has 8 nitrogen and oxygen atoms in total. The molecule has 7 atom stereocenters. The van der Waals surface area contributed by atoms with Crippen LogP contribution in [-0.4, -0.2) is 68.7 Å². The van der Waals surface area contributed by atoms with E-state index in [-0.39, 0.29) is 30.0 Å². The van der Waals surface area contributed by atoms with E-state index in [1.165, 1.54) is 11.3 Å². The zero-order chi connectivity index (χ0) is 25.3. The highest BCUT2D eigenvalue weighted by atomic mass is 32.1. The minimum absolute atomic E-state index is 0.129. The molecule has 3 heterocycles. The average molecular weight is 510 g/mol. The number of rotatable bonds is 4. The van der Waals surface area contributed by atoms with Gasteiger partial charge in [0.1, 0.15) is 23.4 Å². The van der Waals surface area contributed by atoms with E-state index < -0.39 is 48.9 Å². The molecule has 4 rings (SSSR count). The fourth-order valence-corrected chi connectivity index (χ4v) is 5.69. The maximum atomic E-state index is 12.9. The van der Waals surface area contributed by atoms with Crippen LogP contribution in [-0.2, 0) is 25.7 Å². The molecule has 3 N–H and O–H groups in total. The highest BCUT2D eigenvalue weighted by molar-refractivity contribution is 7.09. The summed E-state index contributed by atoms with van der Waals surface area (Å²) >= 11 is 1.20. The molecule has 2 bridgehead atoms. The predicted molar refractivity (Wildman–Crippen MR) is 126 cm³/mol. The van der Waals surface area contributed by atoms with E-state index in [1.807, 2.05) is 0 Å². The van der Waals surface area contributed by atoms with Gasteiger partial charge in [-0.2, -0.15) is 0 Å². The lowest BCUT2D eigenvalue weighted by Gasteiger charge is -2.32. The number of nitrogens with zero attached hydrogens (tertiary/aromatic N) is 1. The minimum atomic E-state index is -1.33. The van der Waals surface area contributed by atoms with Crippen molar-refractivity contribution in [3.8, 4) is 0 Å². The summed E-state index contributed by atoms with van der Waals surface area (Å²) < 4.78 is 24.5. The van der Waals surface area contributed by atoms with Crippen molar-refractivity contribution in [2.24, 2.45) is 11.8 Å². The van der Waals surface area contributed by atoms with Crippen LogP contribution >= 0.6 is 11.3 Å². The molecule has 0 amide bonds. The Bertz CT molecular complexity index is 1020. The van der Waals surface area contributed by atoms with Crippen LogP contribution in [0.3, 0.4) is 0 Å². The Morgan fingerprint density at radius 1 is 1.37 bits per heavy atom. The van der Waals surface area contributed by atoms with Crippen LogP contribution in [0, 0.1) is 11.8 Å². The van der Waals surface area contributed by atoms with Crippen molar-refractivity contribution in [2.75, 3.05) is 6.61 Å². The number of hydrogen-bond acceptors (Lipinski definition) is 9. The van der Waals surface area contributed by atoms with Crippen molar-refractivity contribution in [1.29, 1.82) is 0 Å². The summed E-state index contributed by atoms with van der Waals surface area (Å²) in [6.45, 7) is 2.55. The number of alkyl halides is 1. The number of fused-ring (bicyclic) bond motifs is 2. The number of halogens is 1. The summed E-state index contributed by atoms with van der Waals surface area (Å²) in [7, 11) is 0. The highest BCUT2D eigenvalue weighted by Gasteiger charge is 2.56. The lowest BCUT2D eigenvalue weighted by Crippen LogP contribution is -2.40. The topological polar surface area (TPSA) is 129 Å². The molecule has 0 aromatic carbocycles. The number of epoxide rings is 1. The summed E-state index contributed by atoms with van der Waals surface area (Å²) in [4.78, 5) is 29.7. The Balaban J connectivity index is 1.60. The SMILES string of the molecule is C/C(=C\c1csc(CF)n1)[C@@H]1C[C@@H]2O[C@]2(CO)CCC[C@@H]2C=C(C(=O)[C@H](C)[C@H]2O)[C@@H](O)CC(=O)O1. The first kappa shape index (κ1) is 26.1. The summed E-state index contributed by atoms with van der Waals surface area (Å²) in [5.74, 6) is -2.10. The fourth-order valence-electron chi connectivity index (χ4n) is 5.09. The van der Waals surface area contributed by atoms with Gasteiger partial charge >= 0.3 is 5.97 Å². The van der Waals surface area contributed by atoms with Gasteiger partial charge in [-0.05, 0) is 37.8 Å². The lowest BCUT2D eigenvalue weighted by atomic mass is 9.75. The summed E-state index contributed by atoms with van der Waals surface area (Å²) in [5.41, 5.74) is 0.605. The van der Waals surface area contributed by atoms with Crippen molar-refractivity contribution in [2.45, 2.75) is 82.6 Å². The standard InChI is InChI=1S/C25H32FNO7S/c1-13(6-16-11-35-21(10-26)27-16)19-9-20-25(12-28,34-20)5-3-4-15-7-17(18(29)8-22(30)33-19)24(32)14(2)23(15)31/h6-7,11,14-15,18-20,23,28-29,31H,3-5,8-10,12H2,1-2H3/b13-6+/t14-,15-,18+,19+,20+,23-,25+/m1/s1. The van der Waals surface area contributed by atoms with Gasteiger partial charge < -0.3 is 24.8 Å². The lowest BCUT2D eigenvalue weighted by molar-refractivity contribution is -0.149. The normalized spacial score (nSPS) is 36.6. The largest absolute Gasteiger partial charge is 0.458 e. The van der Waals surface area contributed by atoms with Crippen LogP contribution < -0.4 is 0 Å². The Kier molecular flexibility index (Phi) is 7.87. The molecule has 0 spiro atoms. The van der Waals surface area contributed by atoms with Gasteiger partial charge in [-0.3, -0.25) is 9.59 Å². The second-order valence-electron chi connectivity index (χ2n) is 9.77. The maximum Gasteiger partial charge on any atom is 0.309 e. The second kappa shape index (κ2) is 10.6. The minimum Gasteiger partial charge on any atom is -0.458 e. The first-order valence-electron chi connectivity index (χ1n) is 12.0. The molecule has 1 aliphatic carbocycles. The number of hydrogen-bond donors (Lipinski definition) is 3. The van der Waals surface area contributed by atoms with E-state index in [4.69, 9.17) is 9.47 Å². The number of esters is 1. The molecule has 35 heavy (non-hydrogen) atoms. The van der Waals surface area contributed by atoms with Crippen molar-refractivity contribution in [3.05, 3.63) is 33.3 Å². The molecule has 0 saturated carbocycles. The van der Waals surface area contributed by atoms with Crippen molar-refractivity contribution >= 4 is 29.2 Å². The molecule has 3 aliphatic rings. The fraction of sp³-hybridized carbons (Fsp3) is 0.640. The van der Waals surface area contributed by atoms with Gasteiger partial charge in [-0.15, -0.1) is 11.3 Å². The predicted octanol–water partition coefficient (Wildman–Crippen LogP) is 2.50. The highest BCUT2D eigenvalue weighted by Crippen LogP contribution is 2.45. The molecular weight excluding hydrogens is 477 g/mol. The molecule has 1 fully saturated rings. The molecule has 0 unspecified atom stereocenters. The Labute approximate surface area is 207 Å². The van der Waals surface area contributed by atoms with Crippen LogP contribution in [0.2, 0.25) is 0 Å². The van der Waals surface area contributed by atoms with Crippen LogP contribution in [0.4, 0.5) is 4.39 Å². The Morgan fingerprint density at radius 3 is 2.83 bits per heavy atom. The smallest absolute Gasteiger partial charge is 0.309 e. The average Bonchev–Trinajstić information content (AvgIpc) is 3.31. The Hall–Kier alpha value is -1.98. The number of aliphatic hydroxyl groups excluding tert-OH is 3. The third-order valence-corrected chi connectivity index (χ3v) is 8.17. The van der Waals surface area contributed by atoms with Crippen LogP contribution in [0.15, 0.2) is 22.6 Å². The van der Waals surface area contributed by atoms with E-state index in [1.54, 1.807) is 31.4 Å². The third-order valence-electron chi connectivity index (χ3n) is 7.34. The zero-order valence-corrected chi connectivity index (χ0v) is 20.7. The van der Waals surface area contributed by atoms with Gasteiger partial charge in [0.05, 0.1) is 37.0 Å². The van der Waals surface area contributed by atoms with E-state index >= 15 is 0 Å². The van der Waals surface area contributed by atoms with E-state index in [2.05, 4.69) is 4.98 Å². The van der Waals surface area contributed by atoms with Crippen molar-refractivity contribution < 1.29 is 38.8 Å². The monoisotopic (exact) mass is 509 g/mol. The van der Waals surface area contributed by atoms with E-state index in [9.17, 15) is 29.3 Å². The first-order valence-corrected chi connectivity index (χ1v) is 12.8. The zero-order valence-electron chi connectivity index (χ0n) is 19.9. The van der Waals surface area contributed by atoms with Crippen LogP contribution in [0.1, 0.15) is 56.7 Å². The second-order valence-corrected chi connectivity index (χ2v) is 10.7. The first-order chi connectivity index (χ1) is 16.7. The number of carbonyl (C=O) groups is 2. The van der Waals surface area contributed by atoms with Gasteiger partial charge in [0.15, 0.2) is 5.78 Å². The van der Waals surface area contributed by atoms with Gasteiger partial charge in [0, 0.05) is 29.2 Å². The van der Waals surface area contributed by atoms with Gasteiger partial charge in [-0.25, -0.2) is 9.37 Å². The number of ether oxygens (including phenoxy) is 2. The van der Waals surface area contributed by atoms with Crippen LogP contribution in [0.25, 0.3) is 6.08 Å². The maximum absolute atomic E-state index is 12.9. The van der Waals surface area contributed by atoms with Gasteiger partial charge in [0.25, 0.3) is 0 Å². The van der Waals surface area contributed by atoms with Gasteiger partial charge in [-0.1, -0.05) is 13.0 Å². The summed E-state index contributed by atoms with van der Waals surface area (Å²) in [6.07, 6.45) is 1.69. The summed E-state index contributed by atoms with van der Waals surface area (Å²) in [5, 5.41) is 33.4. The molecule has 10 heteroatoms. The number of Topliss-reactive ketones (excluding diaryl/α,β-unsaturated/α-hetero) is 1. The molecule has 1 aromatic heterocycles. The van der Waals surface area contributed by atoms with E-state index in [0.29, 0.717) is 42.0 Å². The van der Waals surface area contributed by atoms with Crippen LogP contribution in [0.5, 0.6) is 0 Å². The molecule has 0 radical (unpaired) electrons. The molecule has 2 aliphatic heterocycles. The van der Waals surface area contributed by atoms with Crippen molar-refractivity contribution in [1.82, 2.24) is 4.98 Å². The van der Waals surface area contributed by atoms with Gasteiger partial charge in [0.2, 0.25) is 0 Å². The number of cyclic esters (lactones) is 1. The third kappa shape index (κ3) is 5.56. The molecule has 1 saturated heterocycles. The number of ketones is 1. The Morgan fingerprint density at radius 2 is 2.14 bits per heavy atom. The molecule has 192 valence electrons. The number of thiazole rings is 1. The number of aromatic nitrogens is 1. The quantitative estimate of drug-likeness (QED) is 0.417. The molecule has 1 aromatic rings. The number of aliphatic hydroxyl groups is 3. The number of carbonyl (C=O) groups excluding carboxylic acids is 2. The molecular formula is C25H32FNO7S. The van der Waals surface area contributed by atoms with Crippen molar-refractivity contribution in [3.63, 3.8) is 0 Å².